The number of benzene rings is 2. The molecule has 1 aliphatic rings. The molecule has 1 N–H and O–H groups in total. The highest BCUT2D eigenvalue weighted by Crippen LogP contribution is 2.31. The highest BCUT2D eigenvalue weighted by Gasteiger charge is 2.48. The van der Waals surface area contributed by atoms with E-state index in [1.54, 1.807) is 6.92 Å². The van der Waals surface area contributed by atoms with Gasteiger partial charge in [0, 0.05) is 0 Å². The van der Waals surface area contributed by atoms with Gasteiger partial charge < -0.3 is 19.3 Å². The molecule has 1 saturated heterocycles. The summed E-state index contributed by atoms with van der Waals surface area (Å²) in [6, 6.07) is 19.9. The van der Waals surface area contributed by atoms with Gasteiger partial charge in [-0.2, -0.15) is 0 Å². The summed E-state index contributed by atoms with van der Waals surface area (Å²) in [4.78, 5) is 0. The van der Waals surface area contributed by atoms with Crippen molar-refractivity contribution in [2.45, 2.75) is 51.0 Å². The van der Waals surface area contributed by atoms with Crippen LogP contribution in [0.15, 0.2) is 60.7 Å². The fourth-order valence-corrected chi connectivity index (χ4v) is 3.05. The lowest BCUT2D eigenvalue weighted by Crippen LogP contribution is -2.61. The lowest BCUT2D eigenvalue weighted by Gasteiger charge is -2.45. The molecule has 0 aromatic heterocycles. The third kappa shape index (κ3) is 4.47. The summed E-state index contributed by atoms with van der Waals surface area (Å²) >= 11 is 0. The van der Waals surface area contributed by atoms with E-state index in [0.717, 1.165) is 11.1 Å². The second-order valence-electron chi connectivity index (χ2n) is 6.75. The Balaban J connectivity index is 1.68. The molecule has 1 aliphatic heterocycles. The van der Waals surface area contributed by atoms with Gasteiger partial charge in [-0.15, -0.1) is 0 Å². The predicted molar refractivity (Wildman–Crippen MR) is 96.1 cm³/mol. The predicted octanol–water partition coefficient (Wildman–Crippen LogP) is 3.33. The summed E-state index contributed by atoms with van der Waals surface area (Å²) in [7, 11) is 0. The Morgan fingerprint density at radius 3 is 2.04 bits per heavy atom. The minimum absolute atomic E-state index is 0.315. The van der Waals surface area contributed by atoms with Crippen LogP contribution in [0.5, 0.6) is 0 Å². The first kappa shape index (κ1) is 18.1. The van der Waals surface area contributed by atoms with E-state index in [1.165, 1.54) is 0 Å². The van der Waals surface area contributed by atoms with Crippen molar-refractivity contribution >= 4 is 0 Å². The number of hydrogen-bond donors (Lipinski definition) is 1. The van der Waals surface area contributed by atoms with Crippen molar-refractivity contribution in [3.05, 3.63) is 71.8 Å². The van der Waals surface area contributed by atoms with Crippen LogP contribution in [0, 0.1) is 0 Å². The lowest BCUT2D eigenvalue weighted by atomic mass is 9.87. The van der Waals surface area contributed by atoms with Crippen LogP contribution in [0.3, 0.4) is 0 Å². The maximum atomic E-state index is 10.9. The number of ether oxygens (including phenoxy) is 3. The van der Waals surface area contributed by atoms with Crippen LogP contribution in [0.4, 0.5) is 0 Å². The van der Waals surface area contributed by atoms with Crippen LogP contribution in [0.1, 0.15) is 25.0 Å². The summed E-state index contributed by atoms with van der Waals surface area (Å²) in [6.07, 6.45) is -1.10. The van der Waals surface area contributed by atoms with Crippen LogP contribution in [-0.2, 0) is 27.4 Å². The zero-order valence-corrected chi connectivity index (χ0v) is 14.8. The Kier molecular flexibility index (Phi) is 5.86. The standard InChI is InChI=1S/C21H26O4/c1-16-21(2,22)20(25-14-18-11-7-4-8-12-18)19(15-23-16)24-13-17-9-5-3-6-10-17/h3-12,16,19-20,22H,13-15H2,1-2H3/t16?,19?,20-,21+/m1/s1. The van der Waals surface area contributed by atoms with Crippen molar-refractivity contribution in [3.63, 3.8) is 0 Å². The Labute approximate surface area is 149 Å². The zero-order valence-electron chi connectivity index (χ0n) is 14.8. The lowest BCUT2D eigenvalue weighted by molar-refractivity contribution is -0.259. The maximum absolute atomic E-state index is 10.9. The van der Waals surface area contributed by atoms with Crippen molar-refractivity contribution in [2.24, 2.45) is 0 Å². The van der Waals surface area contributed by atoms with Crippen LogP contribution in [-0.4, -0.2) is 35.6 Å². The Hall–Kier alpha value is -1.72. The van der Waals surface area contributed by atoms with Gasteiger partial charge in [0.15, 0.2) is 0 Å². The monoisotopic (exact) mass is 342 g/mol. The van der Waals surface area contributed by atoms with E-state index in [2.05, 4.69) is 0 Å². The first-order chi connectivity index (χ1) is 12.1. The normalized spacial score (nSPS) is 29.5. The van der Waals surface area contributed by atoms with Crippen molar-refractivity contribution in [1.29, 1.82) is 0 Å². The smallest absolute Gasteiger partial charge is 0.117 e. The molecule has 4 atom stereocenters. The van der Waals surface area contributed by atoms with Crippen LogP contribution in [0.2, 0.25) is 0 Å². The van der Waals surface area contributed by atoms with Gasteiger partial charge in [-0.1, -0.05) is 60.7 Å². The molecule has 0 amide bonds. The van der Waals surface area contributed by atoms with E-state index in [0.29, 0.717) is 19.8 Å². The third-order valence-corrected chi connectivity index (χ3v) is 4.83. The molecule has 25 heavy (non-hydrogen) atoms. The molecule has 0 aliphatic carbocycles. The summed E-state index contributed by atoms with van der Waals surface area (Å²) in [5.41, 5.74) is 1.04. The van der Waals surface area contributed by atoms with E-state index in [9.17, 15) is 5.11 Å². The SMILES string of the molecule is CC1OCC(OCc2ccccc2)[C@@H](OCc2ccccc2)[C@@]1(C)O. The van der Waals surface area contributed by atoms with Crippen LogP contribution in [0.25, 0.3) is 0 Å². The van der Waals surface area contributed by atoms with Crippen molar-refractivity contribution < 1.29 is 19.3 Å². The summed E-state index contributed by atoms with van der Waals surface area (Å²) < 4.78 is 17.9. The van der Waals surface area contributed by atoms with Gasteiger partial charge >= 0.3 is 0 Å². The number of hydrogen-bond acceptors (Lipinski definition) is 4. The largest absolute Gasteiger partial charge is 0.385 e. The van der Waals surface area contributed by atoms with Crippen LogP contribution < -0.4 is 0 Å². The Bertz CT molecular complexity index is 641. The number of rotatable bonds is 6. The molecule has 4 nitrogen and oxygen atoms in total. The molecular formula is C21H26O4. The van der Waals surface area contributed by atoms with Gasteiger partial charge in [0.05, 0.1) is 25.9 Å². The van der Waals surface area contributed by atoms with Gasteiger partial charge in [-0.05, 0) is 25.0 Å². The summed E-state index contributed by atoms with van der Waals surface area (Å²) in [5.74, 6) is 0. The minimum atomic E-state index is -1.12. The quantitative estimate of drug-likeness (QED) is 0.875. The first-order valence-electron chi connectivity index (χ1n) is 8.72. The highest BCUT2D eigenvalue weighted by atomic mass is 16.6. The fraction of sp³-hybridized carbons (Fsp3) is 0.429. The first-order valence-corrected chi connectivity index (χ1v) is 8.72. The molecule has 1 heterocycles. The average molecular weight is 342 g/mol. The van der Waals surface area contributed by atoms with E-state index in [4.69, 9.17) is 14.2 Å². The van der Waals surface area contributed by atoms with E-state index < -0.39 is 11.7 Å². The highest BCUT2D eigenvalue weighted by molar-refractivity contribution is 5.14. The second kappa shape index (κ2) is 8.11. The Morgan fingerprint density at radius 2 is 1.48 bits per heavy atom. The molecule has 3 rings (SSSR count). The van der Waals surface area contributed by atoms with Gasteiger partial charge in [-0.25, -0.2) is 0 Å². The molecule has 0 saturated carbocycles. The van der Waals surface area contributed by atoms with E-state index in [1.807, 2.05) is 67.6 Å². The van der Waals surface area contributed by atoms with Crippen molar-refractivity contribution in [3.8, 4) is 0 Å². The molecule has 2 aromatic rings. The van der Waals surface area contributed by atoms with Crippen LogP contribution >= 0.6 is 0 Å². The van der Waals surface area contributed by atoms with Crippen molar-refractivity contribution in [2.75, 3.05) is 6.61 Å². The molecule has 134 valence electrons. The van der Waals surface area contributed by atoms with E-state index >= 15 is 0 Å². The number of aliphatic hydroxyl groups is 1. The zero-order chi connectivity index (χ0) is 17.7. The topological polar surface area (TPSA) is 47.9 Å². The summed E-state index contributed by atoms with van der Waals surface area (Å²) in [6.45, 7) is 4.92. The molecule has 4 heteroatoms. The molecule has 2 unspecified atom stereocenters. The second-order valence-corrected chi connectivity index (χ2v) is 6.75. The maximum Gasteiger partial charge on any atom is 0.117 e. The van der Waals surface area contributed by atoms with Gasteiger partial charge in [0.1, 0.15) is 17.8 Å². The van der Waals surface area contributed by atoms with Gasteiger partial charge in [0.25, 0.3) is 0 Å². The van der Waals surface area contributed by atoms with Crippen molar-refractivity contribution in [1.82, 2.24) is 0 Å². The minimum Gasteiger partial charge on any atom is -0.385 e. The molecule has 0 spiro atoms. The molecule has 1 fully saturated rings. The average Bonchev–Trinajstić information content (AvgIpc) is 2.63. The molecule has 2 aromatic carbocycles. The third-order valence-electron chi connectivity index (χ3n) is 4.83. The molecule has 0 radical (unpaired) electrons. The summed E-state index contributed by atoms with van der Waals surface area (Å²) in [5, 5.41) is 10.9. The fourth-order valence-electron chi connectivity index (χ4n) is 3.05. The molecule has 0 bridgehead atoms. The Morgan fingerprint density at radius 1 is 0.960 bits per heavy atom. The van der Waals surface area contributed by atoms with Gasteiger partial charge in [0.2, 0.25) is 0 Å². The van der Waals surface area contributed by atoms with E-state index in [-0.39, 0.29) is 12.2 Å². The molecular weight excluding hydrogens is 316 g/mol. The van der Waals surface area contributed by atoms with Gasteiger partial charge in [-0.3, -0.25) is 0 Å².